The first-order valence-corrected chi connectivity index (χ1v) is 8.34. The molecule has 0 radical (unpaired) electrons. The molecule has 0 aromatic rings. The van der Waals surface area contributed by atoms with Crippen molar-refractivity contribution >= 4 is 0 Å². The normalized spacial score (nSPS) is 26.1. The van der Waals surface area contributed by atoms with Crippen LogP contribution in [0, 0.1) is 11.3 Å². The van der Waals surface area contributed by atoms with Gasteiger partial charge in [-0.3, -0.25) is 4.90 Å². The molecule has 1 atom stereocenters. The van der Waals surface area contributed by atoms with Crippen molar-refractivity contribution in [2.75, 3.05) is 13.6 Å². The Morgan fingerprint density at radius 3 is 2.16 bits per heavy atom. The molecule has 1 N–H and O–H groups in total. The molecule has 0 spiro atoms. The molecule has 2 aliphatic carbocycles. The smallest absolute Gasteiger partial charge is 0.0243 e. The molecule has 2 fully saturated rings. The van der Waals surface area contributed by atoms with E-state index in [2.05, 4.69) is 45.0 Å². The zero-order valence-electron chi connectivity index (χ0n) is 13.7. The summed E-state index contributed by atoms with van der Waals surface area (Å²) in [6.07, 6.45) is 8.34. The number of nitrogens with one attached hydrogen (secondary N) is 1. The van der Waals surface area contributed by atoms with E-state index in [4.69, 9.17) is 0 Å². The third kappa shape index (κ3) is 4.46. The number of likely N-dealkylation sites (N-methyl/N-ethyl adjacent to an activating group) is 1. The highest BCUT2D eigenvalue weighted by Crippen LogP contribution is 2.37. The summed E-state index contributed by atoms with van der Waals surface area (Å²) in [5.74, 6) is 0.742. The Hall–Kier alpha value is -0.0800. The topological polar surface area (TPSA) is 15.3 Å². The average Bonchev–Trinajstić information content (AvgIpc) is 3.12. The fourth-order valence-corrected chi connectivity index (χ4v) is 3.49. The van der Waals surface area contributed by atoms with Crippen molar-refractivity contribution in [3.8, 4) is 0 Å². The van der Waals surface area contributed by atoms with E-state index >= 15 is 0 Å². The highest BCUT2D eigenvalue weighted by molar-refractivity contribution is 4.89. The van der Waals surface area contributed by atoms with Gasteiger partial charge in [0.15, 0.2) is 0 Å². The number of hydrogen-bond donors (Lipinski definition) is 1. The highest BCUT2D eigenvalue weighted by Gasteiger charge is 2.33. The number of hydrogen-bond acceptors (Lipinski definition) is 2. The van der Waals surface area contributed by atoms with Crippen molar-refractivity contribution in [2.24, 2.45) is 11.3 Å². The molecule has 19 heavy (non-hydrogen) atoms. The van der Waals surface area contributed by atoms with Crippen LogP contribution in [0.15, 0.2) is 0 Å². The summed E-state index contributed by atoms with van der Waals surface area (Å²) >= 11 is 0. The number of nitrogens with zero attached hydrogens (tertiary/aromatic N) is 1. The van der Waals surface area contributed by atoms with E-state index in [1.165, 1.54) is 45.1 Å². The van der Waals surface area contributed by atoms with Crippen LogP contribution in [-0.4, -0.2) is 36.6 Å². The minimum absolute atomic E-state index is 0.580. The van der Waals surface area contributed by atoms with Gasteiger partial charge >= 0.3 is 0 Å². The third-order valence-electron chi connectivity index (χ3n) is 5.37. The second-order valence-corrected chi connectivity index (χ2v) is 8.05. The van der Waals surface area contributed by atoms with E-state index < -0.39 is 0 Å². The maximum Gasteiger partial charge on any atom is 0.0243 e. The van der Waals surface area contributed by atoms with Crippen molar-refractivity contribution in [3.05, 3.63) is 0 Å². The standard InChI is InChI=1S/C17H34N2/c1-13(2)16(12-18-14-6-7-14)19(5)15-8-10-17(3,4)11-9-15/h13-16,18H,6-12H2,1-5H3. The molecule has 2 rings (SSSR count). The Balaban J connectivity index is 1.85. The van der Waals surface area contributed by atoms with Gasteiger partial charge in [-0.05, 0) is 56.9 Å². The lowest BCUT2D eigenvalue weighted by Crippen LogP contribution is -2.50. The predicted octanol–water partition coefficient (Wildman–Crippen LogP) is 3.66. The van der Waals surface area contributed by atoms with E-state index in [9.17, 15) is 0 Å². The quantitative estimate of drug-likeness (QED) is 0.789. The summed E-state index contributed by atoms with van der Waals surface area (Å²) in [6.45, 7) is 10.8. The van der Waals surface area contributed by atoms with Gasteiger partial charge in [-0.1, -0.05) is 27.7 Å². The first-order chi connectivity index (χ1) is 8.89. The Morgan fingerprint density at radius 2 is 1.68 bits per heavy atom. The van der Waals surface area contributed by atoms with Gasteiger partial charge in [0.25, 0.3) is 0 Å². The largest absolute Gasteiger partial charge is 0.312 e. The molecule has 0 bridgehead atoms. The predicted molar refractivity (Wildman–Crippen MR) is 83.5 cm³/mol. The van der Waals surface area contributed by atoms with Crippen LogP contribution < -0.4 is 5.32 Å². The van der Waals surface area contributed by atoms with Gasteiger partial charge in [-0.15, -0.1) is 0 Å². The summed E-state index contributed by atoms with van der Waals surface area (Å²) in [6, 6.07) is 2.34. The molecule has 112 valence electrons. The number of rotatable bonds is 6. The van der Waals surface area contributed by atoms with Crippen LogP contribution in [0.3, 0.4) is 0 Å². The molecule has 0 saturated heterocycles. The van der Waals surface area contributed by atoms with E-state index in [0.717, 1.165) is 18.0 Å². The van der Waals surface area contributed by atoms with Gasteiger partial charge in [-0.25, -0.2) is 0 Å². The molecule has 0 aromatic carbocycles. The fraction of sp³-hybridized carbons (Fsp3) is 1.00. The van der Waals surface area contributed by atoms with E-state index in [0.29, 0.717) is 11.5 Å². The van der Waals surface area contributed by atoms with Crippen LogP contribution in [0.1, 0.15) is 66.2 Å². The molecule has 2 aliphatic rings. The molecular formula is C17H34N2. The van der Waals surface area contributed by atoms with Gasteiger partial charge in [0.2, 0.25) is 0 Å². The van der Waals surface area contributed by atoms with Gasteiger partial charge in [0, 0.05) is 24.7 Å². The lowest BCUT2D eigenvalue weighted by Gasteiger charge is -2.43. The summed E-state index contributed by atoms with van der Waals surface area (Å²) < 4.78 is 0. The second-order valence-electron chi connectivity index (χ2n) is 8.05. The lowest BCUT2D eigenvalue weighted by atomic mass is 9.75. The molecule has 0 amide bonds. The van der Waals surface area contributed by atoms with Gasteiger partial charge in [0.05, 0.1) is 0 Å². The van der Waals surface area contributed by atoms with E-state index in [1.54, 1.807) is 0 Å². The summed E-state index contributed by atoms with van der Waals surface area (Å²) in [5.41, 5.74) is 0.580. The minimum atomic E-state index is 0.580. The first kappa shape index (κ1) is 15.3. The Morgan fingerprint density at radius 1 is 1.11 bits per heavy atom. The molecule has 2 nitrogen and oxygen atoms in total. The Bertz CT molecular complexity index is 271. The van der Waals surface area contributed by atoms with E-state index in [1.807, 2.05) is 0 Å². The zero-order valence-corrected chi connectivity index (χ0v) is 13.7. The highest BCUT2D eigenvalue weighted by atomic mass is 15.2. The molecule has 2 heteroatoms. The van der Waals surface area contributed by atoms with Crippen LogP contribution in [0.25, 0.3) is 0 Å². The zero-order chi connectivity index (χ0) is 14.0. The molecule has 1 unspecified atom stereocenters. The van der Waals surface area contributed by atoms with Crippen molar-refractivity contribution in [1.29, 1.82) is 0 Å². The van der Waals surface area contributed by atoms with Crippen LogP contribution in [0.5, 0.6) is 0 Å². The van der Waals surface area contributed by atoms with Gasteiger partial charge in [-0.2, -0.15) is 0 Å². The molecule has 0 aromatic heterocycles. The van der Waals surface area contributed by atoms with Crippen molar-refractivity contribution in [3.63, 3.8) is 0 Å². The molecule has 0 heterocycles. The first-order valence-electron chi connectivity index (χ1n) is 8.34. The summed E-state index contributed by atoms with van der Waals surface area (Å²) in [4.78, 5) is 2.69. The van der Waals surface area contributed by atoms with Crippen molar-refractivity contribution in [2.45, 2.75) is 84.3 Å². The minimum Gasteiger partial charge on any atom is -0.312 e. The van der Waals surface area contributed by atoms with Gasteiger partial charge in [0.1, 0.15) is 0 Å². The molecular weight excluding hydrogens is 232 g/mol. The average molecular weight is 266 g/mol. The maximum atomic E-state index is 3.73. The lowest BCUT2D eigenvalue weighted by molar-refractivity contribution is 0.0749. The second kappa shape index (κ2) is 6.13. The SMILES string of the molecule is CC(C)C(CNC1CC1)N(C)C1CCC(C)(C)CC1. The molecule has 2 saturated carbocycles. The summed E-state index contributed by atoms with van der Waals surface area (Å²) in [5, 5.41) is 3.73. The third-order valence-corrected chi connectivity index (χ3v) is 5.37. The Labute approximate surface area is 120 Å². The van der Waals surface area contributed by atoms with Crippen LogP contribution in [-0.2, 0) is 0 Å². The van der Waals surface area contributed by atoms with Crippen LogP contribution in [0.2, 0.25) is 0 Å². The van der Waals surface area contributed by atoms with Crippen LogP contribution >= 0.6 is 0 Å². The molecule has 0 aliphatic heterocycles. The van der Waals surface area contributed by atoms with Gasteiger partial charge < -0.3 is 5.32 Å². The monoisotopic (exact) mass is 266 g/mol. The van der Waals surface area contributed by atoms with Crippen LogP contribution in [0.4, 0.5) is 0 Å². The van der Waals surface area contributed by atoms with Crippen molar-refractivity contribution < 1.29 is 0 Å². The van der Waals surface area contributed by atoms with Crippen molar-refractivity contribution in [1.82, 2.24) is 10.2 Å². The van der Waals surface area contributed by atoms with E-state index in [-0.39, 0.29) is 0 Å². The fourth-order valence-electron chi connectivity index (χ4n) is 3.49. The summed E-state index contributed by atoms with van der Waals surface area (Å²) in [7, 11) is 2.36. The maximum absolute atomic E-state index is 3.73. The Kier molecular flexibility index (Phi) is 4.94.